The van der Waals surface area contributed by atoms with Crippen molar-refractivity contribution in [2.24, 2.45) is 26.8 Å². The molecule has 0 aliphatic rings. The molecule has 0 fully saturated rings. The third kappa shape index (κ3) is 4.68. The number of amides is 4. The van der Waals surface area contributed by atoms with Crippen LogP contribution in [-0.2, 0) is 6.54 Å². The average Bonchev–Trinajstić information content (AvgIpc) is 3.35. The summed E-state index contributed by atoms with van der Waals surface area (Å²) in [6, 6.07) is 10.3. The number of benzene rings is 2. The van der Waals surface area contributed by atoms with Crippen molar-refractivity contribution in [3.05, 3.63) is 64.9 Å². The lowest BCUT2D eigenvalue weighted by atomic mass is 10.2. The fraction of sp³-hybridized carbons (Fsp3) is 0.0500. The van der Waals surface area contributed by atoms with Gasteiger partial charge in [0.25, 0.3) is 0 Å². The van der Waals surface area contributed by atoms with E-state index in [0.29, 0.717) is 32.9 Å². The van der Waals surface area contributed by atoms with Crippen LogP contribution in [0.1, 0.15) is 11.3 Å². The monoisotopic (exact) mass is 480 g/mol. The number of fused-ring (bicyclic) bond motifs is 1. The van der Waals surface area contributed by atoms with Gasteiger partial charge in [0, 0.05) is 16.0 Å². The molecule has 0 radical (unpaired) electrons. The zero-order chi connectivity index (χ0) is 24.2. The van der Waals surface area contributed by atoms with Crippen molar-refractivity contribution in [3.63, 3.8) is 0 Å². The molecule has 13 nitrogen and oxygen atoms in total. The van der Waals surface area contributed by atoms with Crippen LogP contribution < -0.4 is 16.9 Å². The van der Waals surface area contributed by atoms with Gasteiger partial charge in [-0.05, 0) is 24.3 Å². The highest BCUT2D eigenvalue weighted by Gasteiger charge is 2.19. The van der Waals surface area contributed by atoms with E-state index in [1.54, 1.807) is 48.7 Å². The number of aromatic nitrogens is 4. The van der Waals surface area contributed by atoms with Crippen LogP contribution in [0.4, 0.5) is 15.3 Å². The molecule has 2 aromatic heterocycles. The SMILES string of the molecule is NC(=O)N=Nc1c(O)n(Cc2cn(-c3ccccc3/C=N\NC(N)=O)nn2)c2ccc(Cl)cc12. The lowest BCUT2D eigenvalue weighted by molar-refractivity contribution is 0.249. The fourth-order valence-electron chi connectivity index (χ4n) is 3.27. The minimum atomic E-state index is -1.00. The first kappa shape index (κ1) is 22.4. The number of carbonyl (C=O) groups excluding carboxylic acids is 2. The number of aromatic hydroxyl groups is 1. The van der Waals surface area contributed by atoms with Crippen molar-refractivity contribution in [2.75, 3.05) is 0 Å². The van der Waals surface area contributed by atoms with Crippen LogP contribution in [-0.4, -0.2) is 42.9 Å². The number of halogens is 1. The van der Waals surface area contributed by atoms with Gasteiger partial charge in [0.15, 0.2) is 5.69 Å². The Morgan fingerprint density at radius 1 is 1.21 bits per heavy atom. The number of urea groups is 2. The summed E-state index contributed by atoms with van der Waals surface area (Å²) in [5.41, 5.74) is 14.6. The summed E-state index contributed by atoms with van der Waals surface area (Å²) in [5.74, 6) is -0.248. The second-order valence-electron chi connectivity index (χ2n) is 6.91. The van der Waals surface area contributed by atoms with Crippen LogP contribution in [0.15, 0.2) is 64.0 Å². The van der Waals surface area contributed by atoms with E-state index in [-0.39, 0.29) is 18.1 Å². The van der Waals surface area contributed by atoms with Crippen molar-refractivity contribution in [1.82, 2.24) is 25.0 Å². The van der Waals surface area contributed by atoms with Gasteiger partial charge in [-0.1, -0.05) is 40.1 Å². The molecule has 0 aliphatic heterocycles. The predicted octanol–water partition coefficient (Wildman–Crippen LogP) is 2.79. The lowest BCUT2D eigenvalue weighted by Gasteiger charge is -2.05. The van der Waals surface area contributed by atoms with Crippen molar-refractivity contribution in [1.29, 1.82) is 0 Å². The minimum Gasteiger partial charge on any atom is -0.493 e. The van der Waals surface area contributed by atoms with Crippen LogP contribution in [0.25, 0.3) is 16.6 Å². The zero-order valence-electron chi connectivity index (χ0n) is 17.3. The third-order valence-corrected chi connectivity index (χ3v) is 4.88. The number of azo groups is 1. The van der Waals surface area contributed by atoms with E-state index >= 15 is 0 Å². The third-order valence-electron chi connectivity index (χ3n) is 4.64. The molecule has 0 aliphatic carbocycles. The van der Waals surface area contributed by atoms with Crippen LogP contribution in [0.5, 0.6) is 5.88 Å². The first-order chi connectivity index (χ1) is 16.3. The summed E-state index contributed by atoms with van der Waals surface area (Å²) >= 11 is 6.09. The van der Waals surface area contributed by atoms with Crippen LogP contribution in [0.3, 0.4) is 0 Å². The zero-order valence-corrected chi connectivity index (χ0v) is 18.1. The van der Waals surface area contributed by atoms with E-state index in [4.69, 9.17) is 23.1 Å². The van der Waals surface area contributed by atoms with Gasteiger partial charge in [0.05, 0.1) is 30.2 Å². The number of rotatable bonds is 6. The Bertz CT molecular complexity index is 1460. The van der Waals surface area contributed by atoms with E-state index in [1.165, 1.54) is 15.5 Å². The van der Waals surface area contributed by atoms with Gasteiger partial charge >= 0.3 is 12.1 Å². The Morgan fingerprint density at radius 2 is 2.00 bits per heavy atom. The smallest absolute Gasteiger partial charge is 0.356 e. The fourth-order valence-corrected chi connectivity index (χ4v) is 3.45. The number of para-hydroxylation sites is 1. The Morgan fingerprint density at radius 3 is 2.76 bits per heavy atom. The molecule has 0 unspecified atom stereocenters. The van der Waals surface area contributed by atoms with E-state index in [9.17, 15) is 14.7 Å². The molecule has 0 spiro atoms. The number of primary amides is 2. The van der Waals surface area contributed by atoms with Crippen molar-refractivity contribution < 1.29 is 14.7 Å². The molecule has 0 saturated carbocycles. The van der Waals surface area contributed by atoms with Crippen molar-refractivity contribution in [3.8, 4) is 11.6 Å². The molecule has 4 rings (SSSR count). The average molecular weight is 481 g/mol. The maximum absolute atomic E-state index is 11.0. The number of carbonyl (C=O) groups is 2. The van der Waals surface area contributed by atoms with E-state index in [1.807, 2.05) is 0 Å². The van der Waals surface area contributed by atoms with Gasteiger partial charge in [-0.15, -0.1) is 10.2 Å². The number of hydrazone groups is 1. The van der Waals surface area contributed by atoms with E-state index < -0.39 is 12.1 Å². The van der Waals surface area contributed by atoms with Crippen LogP contribution in [0.2, 0.25) is 5.02 Å². The Kier molecular flexibility index (Phi) is 6.18. The second-order valence-corrected chi connectivity index (χ2v) is 7.34. The lowest BCUT2D eigenvalue weighted by Crippen LogP contribution is -2.24. The number of hydrogen-bond donors (Lipinski definition) is 4. The highest BCUT2D eigenvalue weighted by Crippen LogP contribution is 2.40. The molecule has 0 atom stereocenters. The molecule has 0 bridgehead atoms. The Hall–Kier alpha value is -4.78. The molecule has 6 N–H and O–H groups in total. The molecule has 4 aromatic rings. The number of hydrogen-bond acceptors (Lipinski definition) is 7. The van der Waals surface area contributed by atoms with Gasteiger partial charge in [-0.3, -0.25) is 0 Å². The van der Waals surface area contributed by atoms with Gasteiger partial charge in [-0.2, -0.15) is 5.10 Å². The largest absolute Gasteiger partial charge is 0.493 e. The Labute approximate surface area is 196 Å². The number of nitrogens with two attached hydrogens (primary N) is 2. The summed E-state index contributed by atoms with van der Waals surface area (Å²) in [6.45, 7) is 0.121. The molecule has 34 heavy (non-hydrogen) atoms. The van der Waals surface area contributed by atoms with E-state index in [0.717, 1.165) is 0 Å². The highest BCUT2D eigenvalue weighted by molar-refractivity contribution is 6.31. The molecule has 2 aromatic carbocycles. The maximum atomic E-state index is 11.0. The highest BCUT2D eigenvalue weighted by atomic mass is 35.5. The van der Waals surface area contributed by atoms with E-state index in [2.05, 4.69) is 31.1 Å². The molecule has 0 saturated heterocycles. The number of nitrogens with zero attached hydrogens (tertiary/aromatic N) is 7. The normalized spacial score (nSPS) is 11.6. The maximum Gasteiger partial charge on any atom is 0.356 e. The summed E-state index contributed by atoms with van der Waals surface area (Å²) in [7, 11) is 0. The summed E-state index contributed by atoms with van der Waals surface area (Å²) in [6.07, 6.45) is 3.09. The first-order valence-electron chi connectivity index (χ1n) is 9.64. The first-order valence-corrected chi connectivity index (χ1v) is 10.0. The van der Waals surface area contributed by atoms with Crippen LogP contribution in [0, 0.1) is 0 Å². The molecular formula is C20H17ClN10O3. The molecule has 2 heterocycles. The summed E-state index contributed by atoms with van der Waals surface area (Å²) in [5, 5.41) is 30.9. The topological polar surface area (TPSA) is 191 Å². The molecule has 4 amide bonds. The predicted molar refractivity (Wildman–Crippen MR) is 123 cm³/mol. The minimum absolute atomic E-state index is 0.0483. The Balaban J connectivity index is 1.69. The van der Waals surface area contributed by atoms with Gasteiger partial charge in [-0.25, -0.2) is 19.7 Å². The van der Waals surface area contributed by atoms with Crippen LogP contribution >= 0.6 is 11.6 Å². The molecule has 14 heteroatoms. The standard InChI is InChI=1S/C20H17ClN10O3/c21-12-5-6-16-14(7-12)17(26-28-20(23)34)18(32)30(16)9-13-10-31(29-25-13)15-4-2-1-3-11(15)8-24-27-19(22)33/h1-8,10,32H,9H2,(H2,23,34)(H3,22,27,33)/b24-8-,28-26?. The van der Waals surface area contributed by atoms with Crippen molar-refractivity contribution in [2.45, 2.75) is 6.54 Å². The summed E-state index contributed by atoms with van der Waals surface area (Å²) in [4.78, 5) is 21.9. The van der Waals surface area contributed by atoms with Crippen molar-refractivity contribution >= 4 is 46.5 Å². The second kappa shape index (κ2) is 9.38. The number of nitrogens with one attached hydrogen (secondary N) is 1. The summed E-state index contributed by atoms with van der Waals surface area (Å²) < 4.78 is 3.05. The van der Waals surface area contributed by atoms with Gasteiger partial charge in [0.1, 0.15) is 5.69 Å². The molecular weight excluding hydrogens is 464 g/mol. The van der Waals surface area contributed by atoms with Gasteiger partial charge < -0.3 is 21.1 Å². The molecule has 172 valence electrons. The quantitative estimate of drug-likeness (QED) is 0.187. The van der Waals surface area contributed by atoms with Gasteiger partial charge in [0.2, 0.25) is 5.88 Å².